The Morgan fingerprint density at radius 3 is 2.64 bits per heavy atom. The first kappa shape index (κ1) is 17.6. The van der Waals surface area contributed by atoms with E-state index in [1.807, 2.05) is 32.9 Å². The van der Waals surface area contributed by atoms with Crippen molar-refractivity contribution in [2.45, 2.75) is 52.0 Å². The quantitative estimate of drug-likeness (QED) is 0.877. The first-order chi connectivity index (χ1) is 11.9. The summed E-state index contributed by atoms with van der Waals surface area (Å²) in [6.45, 7) is 5.89. The van der Waals surface area contributed by atoms with Crippen molar-refractivity contribution in [3.8, 4) is 0 Å². The molecule has 0 bridgehead atoms. The van der Waals surface area contributed by atoms with E-state index >= 15 is 0 Å². The zero-order valence-electron chi connectivity index (χ0n) is 14.8. The highest BCUT2D eigenvalue weighted by molar-refractivity contribution is 7.15. The molecule has 0 saturated carbocycles. The topological polar surface area (TPSA) is 71.1 Å². The molecule has 2 aromatic rings. The van der Waals surface area contributed by atoms with E-state index in [2.05, 4.69) is 15.6 Å². The fourth-order valence-electron chi connectivity index (χ4n) is 2.99. The highest BCUT2D eigenvalue weighted by Crippen LogP contribution is 2.37. The van der Waals surface area contributed by atoms with Gasteiger partial charge in [0.1, 0.15) is 0 Å². The Kier molecular flexibility index (Phi) is 5.18. The van der Waals surface area contributed by atoms with Gasteiger partial charge < -0.3 is 5.32 Å². The number of aryl methyl sites for hydroxylation is 2. The lowest BCUT2D eigenvalue weighted by atomic mass is 9.90. The lowest BCUT2D eigenvalue weighted by molar-refractivity contribution is -0.123. The summed E-state index contributed by atoms with van der Waals surface area (Å²) in [6, 6.07) is 7.54. The first-order valence-electron chi connectivity index (χ1n) is 8.62. The summed E-state index contributed by atoms with van der Waals surface area (Å²) in [5.74, 6) is -0.362. The van der Waals surface area contributed by atoms with Crippen LogP contribution in [0.2, 0.25) is 0 Å². The van der Waals surface area contributed by atoms with Crippen LogP contribution in [0.3, 0.4) is 0 Å². The Hall–Kier alpha value is -2.21. The second kappa shape index (κ2) is 7.35. The third-order valence-corrected chi connectivity index (χ3v) is 5.28. The van der Waals surface area contributed by atoms with Crippen LogP contribution in [0, 0.1) is 6.92 Å². The average Bonchev–Trinajstić information content (AvgIpc) is 2.96. The predicted octanol–water partition coefficient (Wildman–Crippen LogP) is 3.65. The molecule has 3 rings (SSSR count). The van der Waals surface area contributed by atoms with Crippen molar-refractivity contribution >= 4 is 28.3 Å². The highest BCUT2D eigenvalue weighted by Gasteiger charge is 2.30. The third kappa shape index (κ3) is 4.07. The molecule has 1 atom stereocenters. The number of rotatable bonds is 4. The molecular weight excluding hydrogens is 334 g/mol. The number of carbonyl (C=O) groups excluding carboxylic acids is 2. The number of benzene rings is 1. The Labute approximate surface area is 151 Å². The van der Waals surface area contributed by atoms with Gasteiger partial charge in [-0.2, -0.15) is 0 Å². The lowest BCUT2D eigenvalue weighted by Gasteiger charge is -2.21. The van der Waals surface area contributed by atoms with Crippen LogP contribution in [0.25, 0.3) is 0 Å². The summed E-state index contributed by atoms with van der Waals surface area (Å²) < 4.78 is 0. The Morgan fingerprint density at radius 2 is 1.96 bits per heavy atom. The van der Waals surface area contributed by atoms with Gasteiger partial charge in [0.15, 0.2) is 5.13 Å². The molecule has 1 aliphatic rings. The predicted molar refractivity (Wildman–Crippen MR) is 100 cm³/mol. The van der Waals surface area contributed by atoms with E-state index in [1.54, 1.807) is 12.1 Å². The van der Waals surface area contributed by atoms with Gasteiger partial charge in [-0.1, -0.05) is 17.7 Å². The van der Waals surface area contributed by atoms with Gasteiger partial charge in [-0.05, 0) is 52.2 Å². The van der Waals surface area contributed by atoms with Crippen LogP contribution >= 0.6 is 11.3 Å². The number of hydrogen-bond acceptors (Lipinski definition) is 4. The largest absolute Gasteiger partial charge is 0.353 e. The van der Waals surface area contributed by atoms with Gasteiger partial charge in [0.2, 0.25) is 5.91 Å². The highest BCUT2D eigenvalue weighted by atomic mass is 32.1. The summed E-state index contributed by atoms with van der Waals surface area (Å²) in [4.78, 5) is 30.5. The molecule has 25 heavy (non-hydrogen) atoms. The van der Waals surface area contributed by atoms with E-state index in [9.17, 15) is 9.59 Å². The van der Waals surface area contributed by atoms with Crippen LogP contribution in [0.15, 0.2) is 24.3 Å². The maximum Gasteiger partial charge on any atom is 0.257 e. The van der Waals surface area contributed by atoms with Crippen LogP contribution in [0.1, 0.15) is 59.1 Å². The van der Waals surface area contributed by atoms with E-state index in [1.165, 1.54) is 11.3 Å². The molecule has 0 fully saturated rings. The van der Waals surface area contributed by atoms with Crippen molar-refractivity contribution in [1.29, 1.82) is 0 Å². The number of nitrogens with one attached hydrogen (secondary N) is 2. The molecule has 0 radical (unpaired) electrons. The number of hydrogen-bond donors (Lipinski definition) is 2. The first-order valence-corrected chi connectivity index (χ1v) is 9.43. The Balaban J connectivity index is 1.77. The summed E-state index contributed by atoms with van der Waals surface area (Å²) in [6.07, 6.45) is 2.69. The van der Waals surface area contributed by atoms with E-state index in [4.69, 9.17) is 0 Å². The summed E-state index contributed by atoms with van der Waals surface area (Å²) in [7, 11) is 0. The average molecular weight is 357 g/mol. The van der Waals surface area contributed by atoms with Crippen molar-refractivity contribution in [3.63, 3.8) is 0 Å². The number of thiazole rings is 1. The van der Waals surface area contributed by atoms with E-state index in [0.717, 1.165) is 35.4 Å². The minimum Gasteiger partial charge on any atom is -0.353 e. The smallest absolute Gasteiger partial charge is 0.257 e. The third-order valence-electron chi connectivity index (χ3n) is 4.24. The zero-order valence-corrected chi connectivity index (χ0v) is 15.6. The molecule has 5 nitrogen and oxygen atoms in total. The molecule has 2 amide bonds. The van der Waals surface area contributed by atoms with Crippen molar-refractivity contribution in [2.75, 3.05) is 5.32 Å². The summed E-state index contributed by atoms with van der Waals surface area (Å²) >= 11 is 1.48. The molecule has 2 N–H and O–H groups in total. The number of fused-ring (bicyclic) bond motifs is 1. The van der Waals surface area contributed by atoms with Crippen molar-refractivity contribution in [1.82, 2.24) is 10.3 Å². The monoisotopic (exact) mass is 357 g/mol. The molecule has 0 spiro atoms. The molecule has 6 heteroatoms. The van der Waals surface area contributed by atoms with Gasteiger partial charge >= 0.3 is 0 Å². The Morgan fingerprint density at radius 1 is 1.24 bits per heavy atom. The van der Waals surface area contributed by atoms with Crippen LogP contribution < -0.4 is 10.6 Å². The molecule has 0 saturated heterocycles. The zero-order chi connectivity index (χ0) is 18.0. The fourth-order valence-corrected chi connectivity index (χ4v) is 4.05. The van der Waals surface area contributed by atoms with Crippen LogP contribution in [0.4, 0.5) is 5.13 Å². The van der Waals surface area contributed by atoms with Gasteiger partial charge in [-0.25, -0.2) is 4.98 Å². The summed E-state index contributed by atoms with van der Waals surface area (Å²) in [5, 5.41) is 6.41. The number of nitrogens with zero attached hydrogens (tertiary/aromatic N) is 1. The normalized spacial score (nSPS) is 16.4. The molecule has 1 aromatic heterocycles. The molecule has 132 valence electrons. The van der Waals surface area contributed by atoms with Gasteiger partial charge in [-0.3, -0.25) is 14.9 Å². The summed E-state index contributed by atoms with van der Waals surface area (Å²) in [5.41, 5.74) is 2.54. The standard InChI is InChI=1S/C19H23N3O2S/c1-11(2)20-18(24)14-5-4-6-15-16(14)21-19(25-15)22-17(23)13-9-7-12(3)8-10-13/h7-11,14H,4-6H2,1-3H3,(H,20,24)(H,21,22,23). The molecule has 1 aromatic carbocycles. The molecule has 1 aliphatic carbocycles. The second-order valence-electron chi connectivity index (χ2n) is 6.76. The van der Waals surface area contributed by atoms with E-state index in [-0.39, 0.29) is 23.8 Å². The van der Waals surface area contributed by atoms with Crippen LogP contribution in [0.5, 0.6) is 0 Å². The molecular formula is C19H23N3O2S. The van der Waals surface area contributed by atoms with Crippen LogP contribution in [-0.4, -0.2) is 22.8 Å². The van der Waals surface area contributed by atoms with Gasteiger partial charge in [0.05, 0.1) is 11.6 Å². The maximum absolute atomic E-state index is 12.4. The maximum atomic E-state index is 12.4. The number of aromatic nitrogens is 1. The number of carbonyl (C=O) groups is 2. The van der Waals surface area contributed by atoms with Gasteiger partial charge in [0.25, 0.3) is 5.91 Å². The van der Waals surface area contributed by atoms with E-state index in [0.29, 0.717) is 10.7 Å². The fraction of sp³-hybridized carbons (Fsp3) is 0.421. The SMILES string of the molecule is Cc1ccc(C(=O)Nc2nc3c(s2)CCCC3C(=O)NC(C)C)cc1. The number of amides is 2. The Bertz CT molecular complexity index is 780. The second-order valence-corrected chi connectivity index (χ2v) is 7.84. The number of anilines is 1. The molecule has 0 aliphatic heterocycles. The van der Waals surface area contributed by atoms with Crippen molar-refractivity contribution in [3.05, 3.63) is 46.0 Å². The van der Waals surface area contributed by atoms with Gasteiger partial charge in [-0.15, -0.1) is 11.3 Å². The molecule has 1 unspecified atom stereocenters. The lowest BCUT2D eigenvalue weighted by Crippen LogP contribution is -2.35. The minimum absolute atomic E-state index is 0.0256. The van der Waals surface area contributed by atoms with E-state index < -0.39 is 0 Å². The molecule has 1 heterocycles. The van der Waals surface area contributed by atoms with Crippen molar-refractivity contribution < 1.29 is 9.59 Å². The van der Waals surface area contributed by atoms with Crippen molar-refractivity contribution in [2.24, 2.45) is 0 Å². The van der Waals surface area contributed by atoms with Crippen LogP contribution in [-0.2, 0) is 11.2 Å². The van der Waals surface area contributed by atoms with Gasteiger partial charge in [0, 0.05) is 16.5 Å². The minimum atomic E-state index is -0.215.